The summed E-state index contributed by atoms with van der Waals surface area (Å²) >= 11 is 0. The minimum Gasteiger partial charge on any atom is -0.462 e. The van der Waals surface area contributed by atoms with Gasteiger partial charge < -0.3 is 33.8 Å². The number of aliphatic hydroxyl groups is 1. The first-order chi connectivity index (χ1) is 51.1. The summed E-state index contributed by atoms with van der Waals surface area (Å²) in [7, 11) is -9.92. The summed E-state index contributed by atoms with van der Waals surface area (Å²) in [5.74, 6) is -1.23. The molecule has 19 heteroatoms. The van der Waals surface area contributed by atoms with Crippen LogP contribution in [0.25, 0.3) is 0 Å². The molecule has 0 aliphatic carbocycles. The molecular formula is C86H168O17P2. The van der Waals surface area contributed by atoms with E-state index in [2.05, 4.69) is 34.6 Å². The zero-order chi connectivity index (χ0) is 76.9. The Morgan fingerprint density at radius 3 is 0.676 bits per heavy atom. The second-order valence-electron chi connectivity index (χ2n) is 31.2. The molecule has 0 aromatic carbocycles. The molecule has 105 heavy (non-hydrogen) atoms. The van der Waals surface area contributed by atoms with Crippen LogP contribution in [0.2, 0.25) is 0 Å². The summed E-state index contributed by atoms with van der Waals surface area (Å²) in [6.07, 6.45) is 72.4. The smallest absolute Gasteiger partial charge is 0.462 e. The van der Waals surface area contributed by atoms with Gasteiger partial charge in [-0.1, -0.05) is 413 Å². The van der Waals surface area contributed by atoms with Crippen LogP contribution in [0.15, 0.2) is 0 Å². The standard InChI is InChI=1S/C86H168O17P2/c1-6-10-13-16-19-21-23-25-27-29-30-35-38-42-46-50-55-60-65-70-84(89)97-76-82(103-86(91)72-67-62-57-52-48-44-40-36-32-31-34-37-41-45-49-54-58-63-68-79(5)9-4)78-101-105(94,95)99-74-80(87)73-98-104(92,93)100-77-81(75-96-83(88)69-64-59-53-18-15-12-8-3)102-85(90)71-66-61-56-51-47-43-39-33-28-26-24-22-20-17-14-11-7-2/h79-82,87H,6-78H2,1-5H3,(H,92,93)(H,94,95)/t79?,80-,81+,82+/m0/s1. The van der Waals surface area contributed by atoms with Gasteiger partial charge in [0.15, 0.2) is 12.2 Å². The first-order valence-electron chi connectivity index (χ1n) is 44.7. The quantitative estimate of drug-likeness (QED) is 0.0222. The Bertz CT molecular complexity index is 2000. The van der Waals surface area contributed by atoms with Crippen LogP contribution >= 0.6 is 15.6 Å². The lowest BCUT2D eigenvalue weighted by Gasteiger charge is -2.21. The van der Waals surface area contributed by atoms with E-state index >= 15 is 0 Å². The minimum absolute atomic E-state index is 0.109. The number of hydrogen-bond donors (Lipinski definition) is 3. The molecule has 0 saturated carbocycles. The number of carbonyl (C=O) groups is 4. The van der Waals surface area contributed by atoms with Gasteiger partial charge in [-0.15, -0.1) is 0 Å². The number of rotatable bonds is 86. The molecule has 17 nitrogen and oxygen atoms in total. The molecule has 0 heterocycles. The Labute approximate surface area is 645 Å². The number of aliphatic hydroxyl groups excluding tert-OH is 1. The van der Waals surface area contributed by atoms with E-state index in [-0.39, 0.29) is 25.7 Å². The lowest BCUT2D eigenvalue weighted by atomic mass is 9.99. The fourth-order valence-electron chi connectivity index (χ4n) is 13.4. The van der Waals surface area contributed by atoms with Crippen molar-refractivity contribution < 1.29 is 80.2 Å². The van der Waals surface area contributed by atoms with E-state index < -0.39 is 97.5 Å². The molecule has 0 amide bonds. The largest absolute Gasteiger partial charge is 0.472 e. The van der Waals surface area contributed by atoms with Crippen LogP contribution in [0.1, 0.15) is 465 Å². The van der Waals surface area contributed by atoms with Crippen LogP contribution in [-0.4, -0.2) is 96.7 Å². The van der Waals surface area contributed by atoms with Crippen LogP contribution in [0.4, 0.5) is 0 Å². The summed E-state index contributed by atoms with van der Waals surface area (Å²) in [5, 5.41) is 10.7. The molecule has 0 fully saturated rings. The molecule has 0 saturated heterocycles. The third-order valence-electron chi connectivity index (χ3n) is 20.6. The van der Waals surface area contributed by atoms with Crippen molar-refractivity contribution in [2.24, 2.45) is 5.92 Å². The molecule has 0 aromatic rings. The van der Waals surface area contributed by atoms with Crippen molar-refractivity contribution in [3.8, 4) is 0 Å². The Morgan fingerprint density at radius 2 is 0.457 bits per heavy atom. The van der Waals surface area contributed by atoms with Gasteiger partial charge >= 0.3 is 39.5 Å². The molecule has 0 spiro atoms. The molecule has 6 atom stereocenters. The molecule has 0 aliphatic heterocycles. The third-order valence-corrected chi connectivity index (χ3v) is 22.5. The van der Waals surface area contributed by atoms with Crippen molar-refractivity contribution >= 4 is 39.5 Å². The molecule has 0 rings (SSSR count). The third kappa shape index (κ3) is 78.5. The molecular weight excluding hydrogens is 1370 g/mol. The van der Waals surface area contributed by atoms with Crippen molar-refractivity contribution in [1.82, 2.24) is 0 Å². The second-order valence-corrected chi connectivity index (χ2v) is 34.1. The Morgan fingerprint density at radius 1 is 0.267 bits per heavy atom. The SMILES string of the molecule is CCCCCCCCCCCCCCCCCCCCCC(=O)OC[C@H](COP(=O)(O)OC[C@@H](O)COP(=O)(O)OC[C@@H](COC(=O)CCCCCCCCC)OC(=O)CCCCCCCCCCCCCCCCCCC)OC(=O)CCCCCCCCCCCCCCCCCCCCC(C)CC. The van der Waals surface area contributed by atoms with Gasteiger partial charge in [0, 0.05) is 25.7 Å². The van der Waals surface area contributed by atoms with Gasteiger partial charge in [0.25, 0.3) is 0 Å². The topological polar surface area (TPSA) is 237 Å². The number of hydrogen-bond acceptors (Lipinski definition) is 15. The van der Waals surface area contributed by atoms with Gasteiger partial charge in [0.2, 0.25) is 0 Å². The number of phosphoric ester groups is 2. The van der Waals surface area contributed by atoms with Gasteiger partial charge in [-0.25, -0.2) is 9.13 Å². The molecule has 0 aromatic heterocycles. The van der Waals surface area contributed by atoms with Crippen molar-refractivity contribution in [2.75, 3.05) is 39.6 Å². The van der Waals surface area contributed by atoms with Gasteiger partial charge in [0.05, 0.1) is 26.4 Å². The fraction of sp³-hybridized carbons (Fsp3) is 0.953. The molecule has 3 unspecified atom stereocenters. The average molecular weight is 1540 g/mol. The summed E-state index contributed by atoms with van der Waals surface area (Å²) in [6.45, 7) is 7.39. The number of carbonyl (C=O) groups excluding carboxylic acids is 4. The van der Waals surface area contributed by atoms with E-state index in [4.69, 9.17) is 37.0 Å². The van der Waals surface area contributed by atoms with Crippen molar-refractivity contribution in [3.05, 3.63) is 0 Å². The van der Waals surface area contributed by atoms with Crippen LogP contribution in [0, 0.1) is 5.92 Å². The lowest BCUT2D eigenvalue weighted by molar-refractivity contribution is -0.161. The molecule has 0 aliphatic rings. The Hall–Kier alpha value is -1.94. The van der Waals surface area contributed by atoms with E-state index in [9.17, 15) is 43.2 Å². The Kier molecular flexibility index (Phi) is 77.3. The highest BCUT2D eigenvalue weighted by molar-refractivity contribution is 7.47. The van der Waals surface area contributed by atoms with E-state index in [1.165, 1.54) is 276 Å². The predicted octanol–water partition coefficient (Wildman–Crippen LogP) is 26.4. The maximum absolute atomic E-state index is 13.1. The molecule has 3 N–H and O–H groups in total. The lowest BCUT2D eigenvalue weighted by Crippen LogP contribution is -2.30. The summed E-state index contributed by atoms with van der Waals surface area (Å²) in [4.78, 5) is 73.1. The first kappa shape index (κ1) is 103. The number of ether oxygens (including phenoxy) is 4. The monoisotopic (exact) mass is 1540 g/mol. The van der Waals surface area contributed by atoms with Gasteiger partial charge in [-0.05, 0) is 31.6 Å². The summed E-state index contributed by atoms with van der Waals surface area (Å²) < 4.78 is 68.8. The highest BCUT2D eigenvalue weighted by atomic mass is 31.2. The van der Waals surface area contributed by atoms with Crippen LogP contribution in [0.3, 0.4) is 0 Å². The van der Waals surface area contributed by atoms with Crippen LogP contribution in [0.5, 0.6) is 0 Å². The summed E-state index contributed by atoms with van der Waals surface area (Å²) in [6, 6.07) is 0. The zero-order valence-electron chi connectivity index (χ0n) is 68.9. The van der Waals surface area contributed by atoms with E-state index in [1.807, 2.05) is 0 Å². The normalized spacial score (nSPS) is 14.0. The van der Waals surface area contributed by atoms with Crippen molar-refractivity contribution in [3.63, 3.8) is 0 Å². The van der Waals surface area contributed by atoms with E-state index in [0.717, 1.165) is 109 Å². The van der Waals surface area contributed by atoms with Gasteiger partial charge in [0.1, 0.15) is 19.3 Å². The zero-order valence-corrected chi connectivity index (χ0v) is 70.7. The highest BCUT2D eigenvalue weighted by Crippen LogP contribution is 2.45. The number of esters is 4. The number of unbranched alkanes of at least 4 members (excludes halogenated alkanes) is 57. The maximum atomic E-state index is 13.1. The van der Waals surface area contributed by atoms with Crippen molar-refractivity contribution in [2.45, 2.75) is 483 Å². The highest BCUT2D eigenvalue weighted by Gasteiger charge is 2.30. The second kappa shape index (κ2) is 78.7. The van der Waals surface area contributed by atoms with Crippen molar-refractivity contribution in [1.29, 1.82) is 0 Å². The fourth-order valence-corrected chi connectivity index (χ4v) is 15.0. The number of phosphoric acid groups is 2. The first-order valence-corrected chi connectivity index (χ1v) is 47.7. The Balaban J connectivity index is 5.16. The van der Waals surface area contributed by atoms with Gasteiger partial charge in [-0.2, -0.15) is 0 Å². The van der Waals surface area contributed by atoms with E-state index in [0.29, 0.717) is 25.7 Å². The predicted molar refractivity (Wildman–Crippen MR) is 432 cm³/mol. The van der Waals surface area contributed by atoms with E-state index in [1.54, 1.807) is 0 Å². The minimum atomic E-state index is -4.96. The molecule has 0 bridgehead atoms. The molecule has 624 valence electrons. The van der Waals surface area contributed by atoms with Crippen LogP contribution in [-0.2, 0) is 65.4 Å². The summed E-state index contributed by atoms with van der Waals surface area (Å²) in [5.41, 5.74) is 0. The average Bonchev–Trinajstić information content (AvgIpc) is 0.912. The molecule has 0 radical (unpaired) electrons. The van der Waals surface area contributed by atoms with Gasteiger partial charge in [-0.3, -0.25) is 37.3 Å². The maximum Gasteiger partial charge on any atom is 0.472 e. The van der Waals surface area contributed by atoms with Crippen LogP contribution < -0.4 is 0 Å².